The van der Waals surface area contributed by atoms with Crippen molar-refractivity contribution in [1.82, 2.24) is 4.31 Å². The average molecular weight is 350 g/mol. The van der Waals surface area contributed by atoms with E-state index < -0.39 is 10.0 Å². The van der Waals surface area contributed by atoms with Crippen molar-refractivity contribution in [2.75, 3.05) is 6.54 Å². The van der Waals surface area contributed by atoms with Crippen LogP contribution in [0.5, 0.6) is 0 Å². The minimum Gasteiger partial charge on any atom is -0.207 e. The van der Waals surface area contributed by atoms with Gasteiger partial charge in [0.15, 0.2) is 0 Å². The van der Waals surface area contributed by atoms with E-state index in [-0.39, 0.29) is 6.04 Å². The smallest absolute Gasteiger partial charge is 0.207 e. The molecule has 0 aromatic heterocycles. The summed E-state index contributed by atoms with van der Waals surface area (Å²) < 4.78 is 27.6. The van der Waals surface area contributed by atoms with E-state index in [4.69, 9.17) is 11.6 Å². The van der Waals surface area contributed by atoms with Crippen LogP contribution in [0.4, 0.5) is 0 Å². The molecule has 0 N–H and O–H groups in total. The van der Waals surface area contributed by atoms with E-state index in [1.54, 1.807) is 16.4 Å². The third-order valence-electron chi connectivity index (χ3n) is 4.40. The maximum atomic E-state index is 13.0. The van der Waals surface area contributed by atoms with Gasteiger partial charge in [0.2, 0.25) is 10.0 Å². The summed E-state index contributed by atoms with van der Waals surface area (Å²) in [6.07, 6.45) is 1.71. The van der Waals surface area contributed by atoms with E-state index in [1.807, 2.05) is 44.2 Å². The van der Waals surface area contributed by atoms with Gasteiger partial charge in [0.05, 0.1) is 10.9 Å². The van der Waals surface area contributed by atoms with Crippen molar-refractivity contribution in [2.45, 2.75) is 37.6 Å². The summed E-state index contributed by atoms with van der Waals surface area (Å²) in [5, 5.41) is 0.708. The van der Waals surface area contributed by atoms with Crippen LogP contribution in [0.25, 0.3) is 0 Å². The summed E-state index contributed by atoms with van der Waals surface area (Å²) in [5.41, 5.74) is 3.04. The van der Waals surface area contributed by atoms with Crippen molar-refractivity contribution < 1.29 is 8.42 Å². The predicted octanol–water partition coefficient (Wildman–Crippen LogP) is 4.48. The molecule has 0 aliphatic carbocycles. The highest BCUT2D eigenvalue weighted by Gasteiger charge is 2.36. The van der Waals surface area contributed by atoms with Crippen molar-refractivity contribution in [3.63, 3.8) is 0 Å². The zero-order valence-corrected chi connectivity index (χ0v) is 14.9. The standard InChI is InChI=1S/C18H20ClNO2S/c1-13-5-8-16(9-6-13)23(21,22)20-11-3-4-18(20)15-7-10-17(19)14(2)12-15/h5-10,12,18H,3-4,11H2,1-2H3. The van der Waals surface area contributed by atoms with E-state index in [2.05, 4.69) is 0 Å². The van der Waals surface area contributed by atoms with Gasteiger partial charge in [-0.3, -0.25) is 0 Å². The van der Waals surface area contributed by atoms with Crippen LogP contribution in [-0.4, -0.2) is 19.3 Å². The molecule has 0 saturated carbocycles. The average Bonchev–Trinajstić information content (AvgIpc) is 3.01. The van der Waals surface area contributed by atoms with Crippen LogP contribution in [0.15, 0.2) is 47.4 Å². The molecule has 1 aliphatic heterocycles. The van der Waals surface area contributed by atoms with Crippen molar-refractivity contribution in [1.29, 1.82) is 0 Å². The largest absolute Gasteiger partial charge is 0.243 e. The number of halogens is 1. The van der Waals surface area contributed by atoms with Gasteiger partial charge in [0.25, 0.3) is 0 Å². The molecule has 0 spiro atoms. The van der Waals surface area contributed by atoms with Crippen LogP contribution in [0.2, 0.25) is 5.02 Å². The molecular formula is C18H20ClNO2S. The molecule has 1 unspecified atom stereocenters. The Kier molecular flexibility index (Phi) is 4.50. The number of hydrogen-bond acceptors (Lipinski definition) is 2. The Morgan fingerprint density at radius 1 is 1.09 bits per heavy atom. The number of nitrogens with zero attached hydrogens (tertiary/aromatic N) is 1. The Balaban J connectivity index is 1.97. The molecule has 2 aromatic rings. The van der Waals surface area contributed by atoms with E-state index in [0.29, 0.717) is 16.5 Å². The predicted molar refractivity (Wildman–Crippen MR) is 93.2 cm³/mol. The van der Waals surface area contributed by atoms with Gasteiger partial charge in [-0.2, -0.15) is 4.31 Å². The number of benzene rings is 2. The van der Waals surface area contributed by atoms with Crippen molar-refractivity contribution in [2.24, 2.45) is 0 Å². The van der Waals surface area contributed by atoms with Gasteiger partial charge in [0, 0.05) is 11.6 Å². The van der Waals surface area contributed by atoms with Crippen LogP contribution >= 0.6 is 11.6 Å². The Bertz CT molecular complexity index is 815. The summed E-state index contributed by atoms with van der Waals surface area (Å²) in [6, 6.07) is 12.7. The molecule has 1 aliphatic rings. The zero-order valence-electron chi connectivity index (χ0n) is 13.3. The van der Waals surface area contributed by atoms with E-state index in [9.17, 15) is 8.42 Å². The monoisotopic (exact) mass is 349 g/mol. The molecule has 1 fully saturated rings. The Morgan fingerprint density at radius 2 is 1.78 bits per heavy atom. The molecule has 1 atom stereocenters. The normalized spacial score (nSPS) is 19.2. The molecule has 1 saturated heterocycles. The molecule has 0 amide bonds. The number of rotatable bonds is 3. The van der Waals surface area contributed by atoms with Crippen LogP contribution in [0, 0.1) is 13.8 Å². The first-order chi connectivity index (χ1) is 10.9. The van der Waals surface area contributed by atoms with E-state index >= 15 is 0 Å². The molecule has 0 bridgehead atoms. The van der Waals surface area contributed by atoms with E-state index in [1.165, 1.54) is 0 Å². The van der Waals surface area contributed by atoms with Gasteiger partial charge in [-0.25, -0.2) is 8.42 Å². The first-order valence-electron chi connectivity index (χ1n) is 7.74. The first kappa shape index (κ1) is 16.5. The van der Waals surface area contributed by atoms with Gasteiger partial charge in [-0.1, -0.05) is 41.4 Å². The Labute approximate surface area is 142 Å². The van der Waals surface area contributed by atoms with Crippen LogP contribution in [0.3, 0.4) is 0 Å². The highest BCUT2D eigenvalue weighted by molar-refractivity contribution is 7.89. The van der Waals surface area contributed by atoms with Gasteiger partial charge < -0.3 is 0 Å². The van der Waals surface area contributed by atoms with E-state index in [0.717, 1.165) is 29.5 Å². The summed E-state index contributed by atoms with van der Waals surface area (Å²) in [5.74, 6) is 0. The minimum absolute atomic E-state index is 0.114. The highest BCUT2D eigenvalue weighted by atomic mass is 35.5. The fraction of sp³-hybridized carbons (Fsp3) is 0.333. The molecule has 2 aromatic carbocycles. The Hall–Kier alpha value is -1.36. The number of sulfonamides is 1. The number of aryl methyl sites for hydroxylation is 2. The van der Waals surface area contributed by atoms with Gasteiger partial charge in [-0.15, -0.1) is 0 Å². The quantitative estimate of drug-likeness (QED) is 0.819. The second kappa shape index (κ2) is 6.27. The van der Waals surface area contributed by atoms with Gasteiger partial charge in [-0.05, 0) is 56.0 Å². The molecule has 0 radical (unpaired) electrons. The Morgan fingerprint density at radius 3 is 2.43 bits per heavy atom. The summed E-state index contributed by atoms with van der Waals surface area (Å²) in [7, 11) is -3.48. The SMILES string of the molecule is Cc1ccc(S(=O)(=O)N2CCCC2c2ccc(Cl)c(C)c2)cc1. The molecule has 3 rings (SSSR count). The molecule has 5 heteroatoms. The fourth-order valence-corrected chi connectivity index (χ4v) is 4.88. The van der Waals surface area contributed by atoms with Crippen molar-refractivity contribution >= 4 is 21.6 Å². The lowest BCUT2D eigenvalue weighted by Crippen LogP contribution is -2.30. The zero-order chi connectivity index (χ0) is 16.6. The summed E-state index contributed by atoms with van der Waals surface area (Å²) in [4.78, 5) is 0.362. The third kappa shape index (κ3) is 3.16. The summed E-state index contributed by atoms with van der Waals surface area (Å²) in [6.45, 7) is 4.45. The lowest BCUT2D eigenvalue weighted by Gasteiger charge is -2.25. The lowest BCUT2D eigenvalue weighted by atomic mass is 10.0. The second-order valence-corrected chi connectivity index (χ2v) is 8.39. The lowest BCUT2D eigenvalue weighted by molar-refractivity contribution is 0.396. The summed E-state index contributed by atoms with van der Waals surface area (Å²) >= 11 is 6.09. The molecule has 122 valence electrons. The molecule has 23 heavy (non-hydrogen) atoms. The third-order valence-corrected chi connectivity index (χ3v) is 6.74. The fourth-order valence-electron chi connectivity index (χ4n) is 3.08. The highest BCUT2D eigenvalue weighted by Crippen LogP contribution is 2.37. The maximum absolute atomic E-state index is 13.0. The number of hydrogen-bond donors (Lipinski definition) is 0. The minimum atomic E-state index is -3.48. The van der Waals surface area contributed by atoms with Crippen molar-refractivity contribution in [3.05, 3.63) is 64.2 Å². The van der Waals surface area contributed by atoms with Gasteiger partial charge in [0.1, 0.15) is 0 Å². The van der Waals surface area contributed by atoms with Crippen LogP contribution in [0.1, 0.15) is 35.6 Å². The van der Waals surface area contributed by atoms with Crippen molar-refractivity contribution in [3.8, 4) is 0 Å². The van der Waals surface area contributed by atoms with Crippen LogP contribution < -0.4 is 0 Å². The topological polar surface area (TPSA) is 37.4 Å². The maximum Gasteiger partial charge on any atom is 0.243 e. The van der Waals surface area contributed by atoms with Gasteiger partial charge >= 0.3 is 0 Å². The molecule has 3 nitrogen and oxygen atoms in total. The molecular weight excluding hydrogens is 330 g/mol. The van der Waals surface area contributed by atoms with Crippen LogP contribution in [-0.2, 0) is 10.0 Å². The molecule has 1 heterocycles. The second-order valence-electron chi connectivity index (χ2n) is 6.10. The first-order valence-corrected chi connectivity index (χ1v) is 9.56.